The quantitative estimate of drug-likeness (QED) is 0.404. The highest BCUT2D eigenvalue weighted by molar-refractivity contribution is 5.66. The number of hydroxylamine groups is 1. The largest absolute Gasteiger partial charge is 0.481 e. The Labute approximate surface area is 147 Å². The number of aliphatic carboxylic acids is 1. The number of allylic oxidation sites excluding steroid dienone is 1. The molecule has 4 N–H and O–H groups in total. The molecule has 0 saturated heterocycles. The summed E-state index contributed by atoms with van der Waals surface area (Å²) in [4.78, 5) is 15.6. The summed E-state index contributed by atoms with van der Waals surface area (Å²) in [5.74, 6) is -0.569. The molecule has 6 heteroatoms. The van der Waals surface area contributed by atoms with E-state index >= 15 is 0 Å². The van der Waals surface area contributed by atoms with Crippen LogP contribution in [0.3, 0.4) is 0 Å². The van der Waals surface area contributed by atoms with Crippen molar-refractivity contribution in [1.82, 2.24) is 5.48 Å². The van der Waals surface area contributed by atoms with E-state index in [9.17, 15) is 15.0 Å². The van der Waals surface area contributed by atoms with Crippen molar-refractivity contribution in [1.29, 1.82) is 0 Å². The molecule has 136 valence electrons. The van der Waals surface area contributed by atoms with Gasteiger partial charge in [-0.2, -0.15) is 0 Å². The Kier molecular flexibility index (Phi) is 5.73. The van der Waals surface area contributed by atoms with Crippen LogP contribution in [-0.2, 0) is 9.63 Å². The van der Waals surface area contributed by atoms with Gasteiger partial charge in [-0.05, 0) is 42.7 Å². The summed E-state index contributed by atoms with van der Waals surface area (Å²) in [5, 5.41) is 29.3. The lowest BCUT2D eigenvalue weighted by atomic mass is 9.83. The zero-order chi connectivity index (χ0) is 17.8. The number of carbonyl (C=O) groups is 1. The molecule has 1 saturated carbocycles. The number of nitrogens with one attached hydrogen (secondary N) is 1. The van der Waals surface area contributed by atoms with Crippen LogP contribution in [0.2, 0.25) is 0 Å². The standard InChI is InChI=1S/C19H25NO5/c21-17(12-4-2-1-3-5-12)7-6-13-10-14-15(19(13)24)11-16(14)20-25-9-8-18(22)23/h1-5,13,15,17,19-21,24H,6-11H2,(H,22,23). The lowest BCUT2D eigenvalue weighted by molar-refractivity contribution is -0.138. The van der Waals surface area contributed by atoms with Crippen molar-refractivity contribution in [3.8, 4) is 0 Å². The summed E-state index contributed by atoms with van der Waals surface area (Å²) >= 11 is 0. The third kappa shape index (κ3) is 4.21. The Morgan fingerprint density at radius 3 is 2.76 bits per heavy atom. The molecule has 0 aromatic heterocycles. The van der Waals surface area contributed by atoms with Gasteiger partial charge < -0.3 is 15.3 Å². The highest BCUT2D eigenvalue weighted by Gasteiger charge is 2.45. The minimum atomic E-state index is -0.890. The Balaban J connectivity index is 1.46. The highest BCUT2D eigenvalue weighted by Crippen LogP contribution is 2.49. The fourth-order valence-electron chi connectivity index (χ4n) is 3.77. The van der Waals surface area contributed by atoms with E-state index in [4.69, 9.17) is 9.94 Å². The normalized spacial score (nSPS) is 26.1. The van der Waals surface area contributed by atoms with E-state index < -0.39 is 12.1 Å². The number of carboxylic acid groups (broad SMARTS) is 1. The molecule has 1 fully saturated rings. The Morgan fingerprint density at radius 1 is 1.28 bits per heavy atom. The smallest absolute Gasteiger partial charge is 0.305 e. The predicted molar refractivity (Wildman–Crippen MR) is 91.2 cm³/mol. The van der Waals surface area contributed by atoms with Gasteiger partial charge in [0, 0.05) is 11.6 Å². The molecular formula is C19H25NO5. The molecule has 0 bridgehead atoms. The number of rotatable bonds is 9. The summed E-state index contributed by atoms with van der Waals surface area (Å²) in [6.07, 6.45) is 2.02. The number of carboxylic acids is 1. The second-order valence-electron chi connectivity index (χ2n) is 6.87. The van der Waals surface area contributed by atoms with Crippen LogP contribution < -0.4 is 5.48 Å². The van der Waals surface area contributed by atoms with Crippen molar-refractivity contribution < 1.29 is 25.0 Å². The van der Waals surface area contributed by atoms with Crippen molar-refractivity contribution >= 4 is 5.97 Å². The van der Waals surface area contributed by atoms with Gasteiger partial charge in [-0.25, -0.2) is 0 Å². The maximum Gasteiger partial charge on any atom is 0.305 e. The molecular weight excluding hydrogens is 322 g/mol. The average Bonchev–Trinajstić information content (AvgIpc) is 2.83. The van der Waals surface area contributed by atoms with Crippen LogP contribution in [0.4, 0.5) is 0 Å². The minimum absolute atomic E-state index is 0.0400. The molecule has 1 aromatic carbocycles. The van der Waals surface area contributed by atoms with E-state index in [1.807, 2.05) is 30.3 Å². The zero-order valence-corrected chi connectivity index (χ0v) is 14.1. The molecule has 0 amide bonds. The fourth-order valence-corrected chi connectivity index (χ4v) is 3.77. The maximum atomic E-state index is 10.5. The van der Waals surface area contributed by atoms with Crippen LogP contribution in [0.15, 0.2) is 41.6 Å². The van der Waals surface area contributed by atoms with Crippen molar-refractivity contribution in [2.75, 3.05) is 6.61 Å². The van der Waals surface area contributed by atoms with Gasteiger partial charge >= 0.3 is 5.97 Å². The lowest BCUT2D eigenvalue weighted by Crippen LogP contribution is -2.32. The zero-order valence-electron chi connectivity index (χ0n) is 14.1. The van der Waals surface area contributed by atoms with Crippen molar-refractivity contribution in [2.45, 2.75) is 44.3 Å². The first kappa shape index (κ1) is 17.9. The first-order valence-electron chi connectivity index (χ1n) is 8.79. The van der Waals surface area contributed by atoms with Gasteiger partial charge in [0.15, 0.2) is 0 Å². The summed E-state index contributed by atoms with van der Waals surface area (Å²) in [6.45, 7) is 0.117. The summed E-state index contributed by atoms with van der Waals surface area (Å²) in [7, 11) is 0. The van der Waals surface area contributed by atoms with Gasteiger partial charge in [-0.1, -0.05) is 30.3 Å². The topological polar surface area (TPSA) is 99.0 Å². The lowest BCUT2D eigenvalue weighted by Gasteiger charge is -2.30. The number of aliphatic hydroxyl groups is 2. The van der Waals surface area contributed by atoms with E-state index in [-0.39, 0.29) is 31.0 Å². The highest BCUT2D eigenvalue weighted by atomic mass is 16.6. The van der Waals surface area contributed by atoms with Gasteiger partial charge in [-0.3, -0.25) is 15.1 Å². The number of benzene rings is 1. The third-order valence-corrected chi connectivity index (χ3v) is 5.25. The molecule has 25 heavy (non-hydrogen) atoms. The predicted octanol–water partition coefficient (Wildman–Crippen LogP) is 2.15. The monoisotopic (exact) mass is 347 g/mol. The SMILES string of the molecule is O=C(O)CCONC1=C2CC(CCC(O)c3ccccc3)C(O)C2C1. The fraction of sp³-hybridized carbons (Fsp3) is 0.526. The molecule has 0 spiro atoms. The van der Waals surface area contributed by atoms with Gasteiger partial charge in [0.25, 0.3) is 0 Å². The maximum absolute atomic E-state index is 10.5. The number of fused-ring (bicyclic) bond motifs is 1. The summed E-state index contributed by atoms with van der Waals surface area (Å²) in [5.41, 5.74) is 5.90. The Bertz CT molecular complexity index is 630. The first-order valence-corrected chi connectivity index (χ1v) is 8.79. The molecule has 6 nitrogen and oxygen atoms in total. The van der Waals surface area contributed by atoms with Crippen LogP contribution in [-0.4, -0.2) is 34.0 Å². The number of hydrogen-bond donors (Lipinski definition) is 4. The molecule has 4 unspecified atom stereocenters. The van der Waals surface area contributed by atoms with Crippen LogP contribution in [0, 0.1) is 11.8 Å². The van der Waals surface area contributed by atoms with E-state index in [0.717, 1.165) is 30.5 Å². The van der Waals surface area contributed by atoms with Crippen LogP contribution in [0.25, 0.3) is 0 Å². The summed E-state index contributed by atoms with van der Waals surface area (Å²) in [6, 6.07) is 9.58. The van der Waals surface area contributed by atoms with Gasteiger partial charge in [0.1, 0.15) is 0 Å². The second-order valence-corrected chi connectivity index (χ2v) is 6.87. The molecule has 1 aromatic rings. The molecule has 0 radical (unpaired) electrons. The number of hydrogen-bond acceptors (Lipinski definition) is 5. The first-order chi connectivity index (χ1) is 12.1. The Morgan fingerprint density at radius 2 is 2.04 bits per heavy atom. The van der Waals surface area contributed by atoms with Crippen molar-refractivity contribution in [3.63, 3.8) is 0 Å². The van der Waals surface area contributed by atoms with E-state index in [2.05, 4.69) is 5.48 Å². The van der Waals surface area contributed by atoms with Gasteiger partial charge in [-0.15, -0.1) is 0 Å². The van der Waals surface area contributed by atoms with E-state index in [1.54, 1.807) is 0 Å². The molecule has 0 heterocycles. The molecule has 2 aliphatic carbocycles. The number of aliphatic hydroxyl groups excluding tert-OH is 2. The van der Waals surface area contributed by atoms with E-state index in [0.29, 0.717) is 6.42 Å². The van der Waals surface area contributed by atoms with E-state index in [1.165, 1.54) is 5.57 Å². The van der Waals surface area contributed by atoms with Crippen molar-refractivity contribution in [2.24, 2.45) is 11.8 Å². The minimum Gasteiger partial charge on any atom is -0.481 e. The van der Waals surface area contributed by atoms with Crippen LogP contribution in [0.1, 0.15) is 43.8 Å². The van der Waals surface area contributed by atoms with Crippen LogP contribution in [0.5, 0.6) is 0 Å². The molecule has 4 atom stereocenters. The third-order valence-electron chi connectivity index (χ3n) is 5.25. The second kappa shape index (κ2) is 7.99. The average molecular weight is 347 g/mol. The van der Waals surface area contributed by atoms with Crippen LogP contribution >= 0.6 is 0 Å². The Hall–Kier alpha value is -1.89. The van der Waals surface area contributed by atoms with Crippen molar-refractivity contribution in [3.05, 3.63) is 47.2 Å². The van der Waals surface area contributed by atoms with Gasteiger partial charge in [0.05, 0.1) is 25.2 Å². The van der Waals surface area contributed by atoms with Gasteiger partial charge in [0.2, 0.25) is 0 Å². The molecule has 3 rings (SSSR count). The summed E-state index contributed by atoms with van der Waals surface area (Å²) < 4.78 is 0. The molecule has 0 aliphatic heterocycles. The molecule has 2 aliphatic rings.